The summed E-state index contributed by atoms with van der Waals surface area (Å²) in [5, 5.41) is 6.28. The van der Waals surface area contributed by atoms with Crippen molar-refractivity contribution in [2.24, 2.45) is 0 Å². The quantitative estimate of drug-likeness (QED) is 0.330. The van der Waals surface area contributed by atoms with Gasteiger partial charge in [-0.3, -0.25) is 9.97 Å². The van der Waals surface area contributed by atoms with Crippen LogP contribution in [0.2, 0.25) is 0 Å². The molecule has 0 aliphatic heterocycles. The summed E-state index contributed by atoms with van der Waals surface area (Å²) < 4.78 is 43.2. The predicted molar refractivity (Wildman–Crippen MR) is 120 cm³/mol. The second kappa shape index (κ2) is 9.62. The Kier molecular flexibility index (Phi) is 6.66. The van der Waals surface area contributed by atoms with Gasteiger partial charge in [0.25, 0.3) is 0 Å². The molecule has 4 aromatic rings. The largest absolute Gasteiger partial charge is 0.433 e. The van der Waals surface area contributed by atoms with Crippen LogP contribution in [0, 0.1) is 0 Å². The van der Waals surface area contributed by atoms with Gasteiger partial charge in [0, 0.05) is 37.6 Å². The standard InChI is InChI=1S/C23H21F3N4OS/c1-31-14-19-21(17-5-6-18-13-27-10-8-16(18)11-17)32-22(30-19)28-9-2-3-15-4-7-20(29-12-15)23(24,25)26/h4-8,10-13H,2-3,9,14H2,1H3,(H,28,30). The first kappa shape index (κ1) is 22.2. The van der Waals surface area contributed by atoms with Crippen molar-refractivity contribution in [3.8, 4) is 10.4 Å². The van der Waals surface area contributed by atoms with E-state index in [2.05, 4.69) is 32.4 Å². The average molecular weight is 459 g/mol. The minimum absolute atomic E-state index is 0.402. The van der Waals surface area contributed by atoms with Gasteiger partial charge in [-0.2, -0.15) is 13.2 Å². The number of methoxy groups -OCH3 is 1. The number of fused-ring (bicyclic) bond motifs is 1. The highest BCUT2D eigenvalue weighted by molar-refractivity contribution is 7.19. The number of halogens is 3. The van der Waals surface area contributed by atoms with Crippen LogP contribution in [0.4, 0.5) is 18.3 Å². The number of hydrogen-bond donors (Lipinski definition) is 1. The Bertz CT molecular complexity index is 1190. The molecule has 0 radical (unpaired) electrons. The summed E-state index contributed by atoms with van der Waals surface area (Å²) in [5.74, 6) is 0. The molecule has 0 amide bonds. The highest BCUT2D eigenvalue weighted by atomic mass is 32.1. The minimum Gasteiger partial charge on any atom is -0.378 e. The molecular formula is C23H21F3N4OS. The Hall–Kier alpha value is -3.04. The number of rotatable bonds is 8. The third-order valence-corrected chi connectivity index (χ3v) is 6.02. The zero-order valence-corrected chi connectivity index (χ0v) is 18.1. The zero-order chi connectivity index (χ0) is 22.6. The molecule has 0 bridgehead atoms. The van der Waals surface area contributed by atoms with E-state index in [-0.39, 0.29) is 0 Å². The van der Waals surface area contributed by atoms with Gasteiger partial charge >= 0.3 is 6.18 Å². The summed E-state index contributed by atoms with van der Waals surface area (Å²) in [6.45, 7) is 1.04. The summed E-state index contributed by atoms with van der Waals surface area (Å²) >= 11 is 1.56. The highest BCUT2D eigenvalue weighted by Crippen LogP contribution is 2.35. The smallest absolute Gasteiger partial charge is 0.378 e. The molecule has 5 nitrogen and oxygen atoms in total. The molecule has 32 heavy (non-hydrogen) atoms. The molecule has 0 spiro atoms. The fraction of sp³-hybridized carbons (Fsp3) is 0.261. The van der Waals surface area contributed by atoms with Crippen LogP contribution in [-0.4, -0.2) is 28.6 Å². The molecule has 4 rings (SSSR count). The van der Waals surface area contributed by atoms with Crippen LogP contribution in [0.5, 0.6) is 0 Å². The van der Waals surface area contributed by atoms with Gasteiger partial charge in [0.2, 0.25) is 0 Å². The van der Waals surface area contributed by atoms with E-state index in [9.17, 15) is 13.2 Å². The first-order chi connectivity index (χ1) is 15.4. The third-order valence-electron chi connectivity index (χ3n) is 4.91. The van der Waals surface area contributed by atoms with E-state index in [0.29, 0.717) is 19.6 Å². The lowest BCUT2D eigenvalue weighted by Gasteiger charge is -2.07. The SMILES string of the molecule is COCc1nc(NCCCc2ccc(C(F)(F)F)nc2)sc1-c1ccc2cnccc2c1. The van der Waals surface area contributed by atoms with Gasteiger partial charge < -0.3 is 10.1 Å². The highest BCUT2D eigenvalue weighted by Gasteiger charge is 2.31. The van der Waals surface area contributed by atoms with E-state index in [4.69, 9.17) is 4.74 Å². The molecule has 9 heteroatoms. The van der Waals surface area contributed by atoms with Crippen LogP contribution in [0.1, 0.15) is 23.4 Å². The lowest BCUT2D eigenvalue weighted by atomic mass is 10.1. The topological polar surface area (TPSA) is 59.9 Å². The summed E-state index contributed by atoms with van der Waals surface area (Å²) in [6, 6.07) is 10.7. The number of nitrogens with zero attached hydrogens (tertiary/aromatic N) is 3. The van der Waals surface area contributed by atoms with Gasteiger partial charge in [-0.15, -0.1) is 0 Å². The molecule has 0 fully saturated rings. The first-order valence-corrected chi connectivity index (χ1v) is 10.8. The normalized spacial score (nSPS) is 11.8. The summed E-state index contributed by atoms with van der Waals surface area (Å²) in [6.07, 6.45) is 1.85. The lowest BCUT2D eigenvalue weighted by molar-refractivity contribution is -0.141. The summed E-state index contributed by atoms with van der Waals surface area (Å²) in [7, 11) is 1.64. The van der Waals surface area contributed by atoms with Gasteiger partial charge in [-0.25, -0.2) is 4.98 Å². The van der Waals surface area contributed by atoms with Crippen LogP contribution >= 0.6 is 11.3 Å². The van der Waals surface area contributed by atoms with Gasteiger partial charge in [0.05, 0.1) is 17.2 Å². The molecule has 1 aromatic carbocycles. The van der Waals surface area contributed by atoms with Crippen molar-refractivity contribution in [2.75, 3.05) is 19.0 Å². The molecular weight excluding hydrogens is 437 g/mol. The predicted octanol–water partition coefficient (Wildman–Crippen LogP) is 5.96. The fourth-order valence-corrected chi connectivity index (χ4v) is 4.33. The number of anilines is 1. The molecule has 0 atom stereocenters. The number of hydrogen-bond acceptors (Lipinski definition) is 6. The third kappa shape index (κ3) is 5.23. The van der Waals surface area contributed by atoms with Crippen molar-refractivity contribution in [1.29, 1.82) is 0 Å². The number of ether oxygens (including phenoxy) is 1. The molecule has 0 aliphatic rings. The fourth-order valence-electron chi connectivity index (χ4n) is 3.34. The molecule has 0 aliphatic carbocycles. The van der Waals surface area contributed by atoms with Crippen molar-refractivity contribution in [3.05, 3.63) is 71.9 Å². The van der Waals surface area contributed by atoms with E-state index in [1.807, 2.05) is 18.3 Å². The van der Waals surface area contributed by atoms with Crippen molar-refractivity contribution in [1.82, 2.24) is 15.0 Å². The van der Waals surface area contributed by atoms with E-state index in [1.54, 1.807) is 24.6 Å². The van der Waals surface area contributed by atoms with Crippen molar-refractivity contribution in [3.63, 3.8) is 0 Å². The molecule has 0 saturated heterocycles. The van der Waals surface area contributed by atoms with Crippen molar-refractivity contribution in [2.45, 2.75) is 25.6 Å². The van der Waals surface area contributed by atoms with Gasteiger partial charge in [-0.1, -0.05) is 29.5 Å². The van der Waals surface area contributed by atoms with E-state index in [0.717, 1.165) is 50.1 Å². The number of nitrogens with one attached hydrogen (secondary N) is 1. The maximum atomic E-state index is 12.6. The number of alkyl halides is 3. The first-order valence-electron chi connectivity index (χ1n) is 10.0. The monoisotopic (exact) mass is 458 g/mol. The molecule has 3 aromatic heterocycles. The number of aromatic nitrogens is 3. The average Bonchev–Trinajstić information content (AvgIpc) is 3.19. The zero-order valence-electron chi connectivity index (χ0n) is 17.3. The van der Waals surface area contributed by atoms with Crippen LogP contribution in [0.15, 0.2) is 55.0 Å². The Morgan fingerprint density at radius 3 is 2.69 bits per heavy atom. The number of thiazole rings is 1. The van der Waals surface area contributed by atoms with Crippen molar-refractivity contribution >= 4 is 27.2 Å². The number of pyridine rings is 2. The van der Waals surface area contributed by atoms with Crippen molar-refractivity contribution < 1.29 is 17.9 Å². The molecule has 166 valence electrons. The van der Waals surface area contributed by atoms with Crippen LogP contribution in [-0.2, 0) is 23.9 Å². The Labute approximate surface area is 187 Å². The van der Waals surface area contributed by atoms with Crippen LogP contribution in [0.3, 0.4) is 0 Å². The molecule has 0 unspecified atom stereocenters. The van der Waals surface area contributed by atoms with Crippen LogP contribution in [0.25, 0.3) is 21.2 Å². The number of aryl methyl sites for hydroxylation is 1. The number of benzene rings is 1. The van der Waals surface area contributed by atoms with Crippen LogP contribution < -0.4 is 5.32 Å². The second-order valence-electron chi connectivity index (χ2n) is 7.25. The minimum atomic E-state index is -4.41. The maximum absolute atomic E-state index is 12.6. The molecule has 1 N–H and O–H groups in total. The van der Waals surface area contributed by atoms with E-state index >= 15 is 0 Å². The van der Waals surface area contributed by atoms with E-state index < -0.39 is 11.9 Å². The van der Waals surface area contributed by atoms with Gasteiger partial charge in [-0.05, 0) is 47.6 Å². The Balaban J connectivity index is 1.41. The Morgan fingerprint density at radius 1 is 1.06 bits per heavy atom. The maximum Gasteiger partial charge on any atom is 0.433 e. The van der Waals surface area contributed by atoms with Gasteiger partial charge in [0.15, 0.2) is 5.13 Å². The summed E-state index contributed by atoms with van der Waals surface area (Å²) in [5.41, 5.74) is 1.83. The lowest BCUT2D eigenvalue weighted by Crippen LogP contribution is -2.08. The Morgan fingerprint density at radius 2 is 1.94 bits per heavy atom. The van der Waals surface area contributed by atoms with Gasteiger partial charge in [0.1, 0.15) is 5.69 Å². The van der Waals surface area contributed by atoms with E-state index in [1.165, 1.54) is 12.3 Å². The second-order valence-corrected chi connectivity index (χ2v) is 8.24. The molecule has 3 heterocycles. The summed E-state index contributed by atoms with van der Waals surface area (Å²) in [4.78, 5) is 13.4. The molecule has 0 saturated carbocycles.